The summed E-state index contributed by atoms with van der Waals surface area (Å²) in [6.45, 7) is 0. The average Bonchev–Trinajstić information content (AvgIpc) is 2.69. The molecule has 1 aromatic heterocycles. The second-order valence-corrected chi connectivity index (χ2v) is 5.85. The molecule has 3 aromatic rings. The highest BCUT2D eigenvalue weighted by Crippen LogP contribution is 2.16. The molecule has 0 aliphatic heterocycles. The Morgan fingerprint density at radius 3 is 2.59 bits per heavy atom. The second kappa shape index (κ2) is 8.73. The van der Waals surface area contributed by atoms with E-state index in [1.165, 1.54) is 12.4 Å². The SMILES string of the molecule is O=C(N/N=C/c1cccc(OC(=O)c2ccc(Cl)cc2)c1)c1cccnc1. The van der Waals surface area contributed by atoms with Gasteiger partial charge in [0.15, 0.2) is 0 Å². The summed E-state index contributed by atoms with van der Waals surface area (Å²) in [5, 5.41) is 4.44. The number of carbonyl (C=O) groups is 2. The standard InChI is InChI=1S/C20H14ClN3O3/c21-17-8-6-15(7-9-17)20(26)27-18-5-1-3-14(11-18)12-23-24-19(25)16-4-2-10-22-13-16/h1-13H,(H,24,25)/b23-12+. The maximum Gasteiger partial charge on any atom is 0.343 e. The molecule has 27 heavy (non-hydrogen) atoms. The van der Waals surface area contributed by atoms with Crippen LogP contribution in [-0.2, 0) is 0 Å². The van der Waals surface area contributed by atoms with Crippen molar-refractivity contribution in [2.75, 3.05) is 0 Å². The first-order valence-corrected chi connectivity index (χ1v) is 8.31. The van der Waals surface area contributed by atoms with Crippen LogP contribution in [0.1, 0.15) is 26.3 Å². The van der Waals surface area contributed by atoms with Gasteiger partial charge >= 0.3 is 5.97 Å². The Morgan fingerprint density at radius 2 is 1.85 bits per heavy atom. The van der Waals surface area contributed by atoms with E-state index in [1.54, 1.807) is 66.9 Å². The van der Waals surface area contributed by atoms with Gasteiger partial charge in [0.1, 0.15) is 5.75 Å². The predicted octanol–water partition coefficient (Wildman–Crippen LogP) is 3.72. The lowest BCUT2D eigenvalue weighted by Gasteiger charge is -2.05. The van der Waals surface area contributed by atoms with Crippen LogP contribution in [0.2, 0.25) is 5.02 Å². The number of nitrogens with zero attached hydrogens (tertiary/aromatic N) is 2. The molecule has 1 N–H and O–H groups in total. The Morgan fingerprint density at radius 1 is 1.04 bits per heavy atom. The molecule has 0 atom stereocenters. The van der Waals surface area contributed by atoms with Crippen molar-refractivity contribution < 1.29 is 14.3 Å². The number of ether oxygens (including phenoxy) is 1. The third kappa shape index (κ3) is 5.23. The molecule has 134 valence electrons. The summed E-state index contributed by atoms with van der Waals surface area (Å²) >= 11 is 5.81. The normalized spacial score (nSPS) is 10.6. The number of amides is 1. The van der Waals surface area contributed by atoms with Crippen LogP contribution >= 0.6 is 11.6 Å². The lowest BCUT2D eigenvalue weighted by molar-refractivity contribution is 0.0734. The zero-order chi connectivity index (χ0) is 19.1. The summed E-state index contributed by atoms with van der Waals surface area (Å²) in [7, 11) is 0. The van der Waals surface area contributed by atoms with Crippen molar-refractivity contribution in [2.24, 2.45) is 5.10 Å². The first-order chi connectivity index (χ1) is 13.1. The highest BCUT2D eigenvalue weighted by atomic mass is 35.5. The van der Waals surface area contributed by atoms with E-state index in [9.17, 15) is 9.59 Å². The minimum Gasteiger partial charge on any atom is -0.423 e. The van der Waals surface area contributed by atoms with Gasteiger partial charge in [-0.1, -0.05) is 23.7 Å². The van der Waals surface area contributed by atoms with Gasteiger partial charge in [0.05, 0.1) is 17.3 Å². The van der Waals surface area contributed by atoms with E-state index in [2.05, 4.69) is 15.5 Å². The molecule has 0 radical (unpaired) electrons. The topological polar surface area (TPSA) is 80.6 Å². The van der Waals surface area contributed by atoms with Crippen LogP contribution in [0, 0.1) is 0 Å². The van der Waals surface area contributed by atoms with Gasteiger partial charge in [0, 0.05) is 17.4 Å². The zero-order valence-electron chi connectivity index (χ0n) is 14.0. The highest BCUT2D eigenvalue weighted by Gasteiger charge is 2.08. The summed E-state index contributed by atoms with van der Waals surface area (Å²) in [6.07, 6.45) is 4.48. The van der Waals surface area contributed by atoms with Crippen LogP contribution in [0.25, 0.3) is 0 Å². The Kier molecular flexibility index (Phi) is 5.91. The van der Waals surface area contributed by atoms with Crippen LogP contribution in [-0.4, -0.2) is 23.1 Å². The number of aromatic nitrogens is 1. The predicted molar refractivity (Wildman–Crippen MR) is 102 cm³/mol. The van der Waals surface area contributed by atoms with E-state index in [0.717, 1.165) is 0 Å². The second-order valence-electron chi connectivity index (χ2n) is 5.41. The molecule has 1 heterocycles. The number of hydrogen-bond acceptors (Lipinski definition) is 5. The molecule has 6 nitrogen and oxygen atoms in total. The van der Waals surface area contributed by atoms with Gasteiger partial charge in [-0.05, 0) is 54.1 Å². The Balaban J connectivity index is 1.62. The lowest BCUT2D eigenvalue weighted by Crippen LogP contribution is -2.17. The average molecular weight is 380 g/mol. The van der Waals surface area contributed by atoms with E-state index in [4.69, 9.17) is 16.3 Å². The maximum atomic E-state index is 12.1. The molecule has 1 amide bonds. The number of nitrogens with one attached hydrogen (secondary N) is 1. The van der Waals surface area contributed by atoms with Crippen LogP contribution in [0.15, 0.2) is 78.2 Å². The van der Waals surface area contributed by atoms with Crippen LogP contribution in [0.3, 0.4) is 0 Å². The monoisotopic (exact) mass is 379 g/mol. The quantitative estimate of drug-likeness (QED) is 0.317. The Labute approximate surface area is 160 Å². The number of benzene rings is 2. The van der Waals surface area contributed by atoms with E-state index >= 15 is 0 Å². The van der Waals surface area contributed by atoms with Gasteiger partial charge in [-0.25, -0.2) is 10.2 Å². The fourth-order valence-corrected chi connectivity index (χ4v) is 2.26. The summed E-state index contributed by atoms with van der Waals surface area (Å²) in [5.74, 6) is -0.507. The van der Waals surface area contributed by atoms with Gasteiger partial charge in [0.2, 0.25) is 0 Å². The molecule has 0 saturated carbocycles. The minimum absolute atomic E-state index is 0.359. The van der Waals surface area contributed by atoms with Crippen molar-refractivity contribution in [3.05, 3.63) is 94.8 Å². The summed E-state index contributed by atoms with van der Waals surface area (Å²) in [4.78, 5) is 27.9. The van der Waals surface area contributed by atoms with Crippen LogP contribution < -0.4 is 10.2 Å². The Bertz CT molecular complexity index is 973. The van der Waals surface area contributed by atoms with Crippen molar-refractivity contribution in [2.45, 2.75) is 0 Å². The van der Waals surface area contributed by atoms with E-state index in [-0.39, 0.29) is 5.91 Å². The number of esters is 1. The zero-order valence-corrected chi connectivity index (χ0v) is 14.8. The Hall–Kier alpha value is -3.51. The molecule has 0 aliphatic carbocycles. The molecule has 2 aromatic carbocycles. The number of carbonyl (C=O) groups excluding carboxylic acids is 2. The number of halogens is 1. The van der Waals surface area contributed by atoms with Crippen molar-refractivity contribution in [1.82, 2.24) is 10.4 Å². The molecule has 7 heteroatoms. The summed E-state index contributed by atoms with van der Waals surface area (Å²) in [6, 6.07) is 16.5. The van der Waals surface area contributed by atoms with E-state index < -0.39 is 5.97 Å². The molecule has 0 unspecified atom stereocenters. The number of hydrazone groups is 1. The van der Waals surface area contributed by atoms with Gasteiger partial charge < -0.3 is 4.74 Å². The largest absolute Gasteiger partial charge is 0.423 e. The van der Waals surface area contributed by atoms with Gasteiger partial charge in [-0.3, -0.25) is 9.78 Å². The van der Waals surface area contributed by atoms with E-state index in [1.807, 2.05) is 0 Å². The number of pyridine rings is 1. The van der Waals surface area contributed by atoms with Gasteiger partial charge in [0.25, 0.3) is 5.91 Å². The van der Waals surface area contributed by atoms with Crippen molar-refractivity contribution >= 4 is 29.7 Å². The van der Waals surface area contributed by atoms with Crippen LogP contribution in [0.5, 0.6) is 5.75 Å². The molecule has 0 aliphatic rings. The third-order valence-corrected chi connectivity index (χ3v) is 3.70. The molecule has 0 bridgehead atoms. The molecule has 3 rings (SSSR count). The lowest BCUT2D eigenvalue weighted by atomic mass is 10.2. The van der Waals surface area contributed by atoms with Crippen LogP contribution in [0.4, 0.5) is 0 Å². The maximum absolute atomic E-state index is 12.1. The number of rotatable bonds is 5. The molecule has 0 saturated heterocycles. The molecular weight excluding hydrogens is 366 g/mol. The smallest absolute Gasteiger partial charge is 0.343 e. The van der Waals surface area contributed by atoms with Gasteiger partial charge in [-0.2, -0.15) is 5.10 Å². The first kappa shape index (κ1) is 18.3. The first-order valence-electron chi connectivity index (χ1n) is 7.93. The molecule has 0 spiro atoms. The van der Waals surface area contributed by atoms with Gasteiger partial charge in [-0.15, -0.1) is 0 Å². The van der Waals surface area contributed by atoms with Crippen molar-refractivity contribution in [3.63, 3.8) is 0 Å². The molecular formula is C20H14ClN3O3. The highest BCUT2D eigenvalue weighted by molar-refractivity contribution is 6.30. The third-order valence-electron chi connectivity index (χ3n) is 3.45. The van der Waals surface area contributed by atoms with E-state index in [0.29, 0.717) is 27.5 Å². The molecule has 0 fully saturated rings. The summed E-state index contributed by atoms with van der Waals surface area (Å²) in [5.41, 5.74) is 3.86. The minimum atomic E-state index is -0.495. The fraction of sp³-hybridized carbons (Fsp3) is 0. The van der Waals surface area contributed by atoms with Crippen molar-refractivity contribution in [1.29, 1.82) is 0 Å². The fourth-order valence-electron chi connectivity index (χ4n) is 2.14. The van der Waals surface area contributed by atoms with Crippen molar-refractivity contribution in [3.8, 4) is 5.75 Å². The summed E-state index contributed by atoms with van der Waals surface area (Å²) < 4.78 is 5.34. The number of hydrogen-bond donors (Lipinski definition) is 1.